The largest absolute Gasteiger partial charge is 0.519 e. The molecule has 6 rings (SSSR count). The fourth-order valence-corrected chi connectivity index (χ4v) is 10.6. The highest BCUT2D eigenvalue weighted by Crippen LogP contribution is 2.33. The number of nitrogens with two attached hydrogens (primary N) is 1. The molecule has 0 radical (unpaired) electrons. The van der Waals surface area contributed by atoms with Gasteiger partial charge in [-0.25, -0.2) is 4.79 Å². The Kier molecular flexibility index (Phi) is 19.1. The van der Waals surface area contributed by atoms with Gasteiger partial charge in [-0.15, -0.1) is 0 Å². The first-order valence-electron chi connectivity index (χ1n) is 24.2. The number of aromatic nitrogens is 1. The fraction of sp³-hybridized carbons (Fsp3) is 0.500. The second kappa shape index (κ2) is 25.2. The van der Waals surface area contributed by atoms with Crippen LogP contribution in [0.4, 0.5) is 10.5 Å². The van der Waals surface area contributed by atoms with Crippen LogP contribution < -0.4 is 41.8 Å². The number of carbonyl (C=O) groups is 10. The average molecular weight is 1080 g/mol. The number of primary amides is 1. The van der Waals surface area contributed by atoms with Crippen molar-refractivity contribution in [3.63, 3.8) is 0 Å². The van der Waals surface area contributed by atoms with Crippen molar-refractivity contribution in [2.75, 3.05) is 32.0 Å². The molecule has 11 N–H and O–H groups in total. The van der Waals surface area contributed by atoms with Crippen molar-refractivity contribution in [1.82, 2.24) is 36.5 Å². The molecule has 28 heteroatoms. The van der Waals surface area contributed by atoms with Crippen LogP contribution in [0, 0.1) is 33.8 Å². The van der Waals surface area contributed by atoms with Crippen LogP contribution in [-0.2, 0) is 60.4 Å². The minimum atomic E-state index is -2.46. The number of aromatic amines is 1. The summed E-state index contributed by atoms with van der Waals surface area (Å²) < 4.78 is 25.5. The molecule has 1 unspecified atom stereocenters. The molecule has 4 heterocycles. The van der Waals surface area contributed by atoms with Crippen LogP contribution in [0.3, 0.4) is 0 Å². The lowest BCUT2D eigenvalue weighted by Crippen LogP contribution is -2.56. The first-order valence-corrected chi connectivity index (χ1v) is 25.5. The zero-order valence-corrected chi connectivity index (χ0v) is 42.3. The van der Waals surface area contributed by atoms with Gasteiger partial charge in [0, 0.05) is 67.6 Å². The van der Waals surface area contributed by atoms with Crippen LogP contribution >= 0.6 is 0 Å². The minimum absolute atomic E-state index is 0.0518. The van der Waals surface area contributed by atoms with Gasteiger partial charge in [-0.05, 0) is 42.2 Å². The first-order chi connectivity index (χ1) is 36.0. The van der Waals surface area contributed by atoms with E-state index in [-0.39, 0.29) is 38.7 Å². The molecule has 1 aromatic heterocycles. The number of benzene rings is 2. The summed E-state index contributed by atoms with van der Waals surface area (Å²) in [4.78, 5) is 153. The quantitative estimate of drug-likeness (QED) is 0.0456. The van der Waals surface area contributed by atoms with Crippen molar-refractivity contribution in [2.24, 2.45) is 29.4 Å². The number of carbonyl (C=O) groups excluding carboxylic acids is 10. The Morgan fingerprint density at radius 2 is 1.51 bits per heavy atom. The third-order valence-electron chi connectivity index (χ3n) is 13.6. The molecule has 3 aliphatic heterocycles. The van der Waals surface area contributed by atoms with Gasteiger partial charge in [0.25, 0.3) is 5.69 Å². The molecule has 0 aliphatic carbocycles. The molecule has 1 saturated heterocycles. The standard InChI is InChI=1S/C48H59N9O18S/c1-4-22(2)41-45(68)51-17-39(64)52-33-21-76(73)46-31(30-10-9-29(16-32(30)53-46)75-48(70)74-28-7-5-26(6-8-28)57(71)72)11-24(43(66)50-18-40(65)54-41)12-36(61)42(23(3)37(62)20-58)55-44(67)34-15-27(59)19-56(34)47(69)25(13-35(33)60)14-38(49)63/h5-10,16,22-25,27,33-34,37,41-42,53,58-59,62H,4,11-15,17-21H2,1-3H3,(H2,49,63)(H,50,66)(H,51,68)(H,52,64)(H,54,65)(H,55,67)/t22-,23-,24-,25-,27+,33-,34-,37-,41-,42-,76?/m0/s1. The number of nitrogens with one attached hydrogen (secondary N) is 6. The van der Waals surface area contributed by atoms with Crippen LogP contribution in [0.5, 0.6) is 11.5 Å². The molecule has 2 bridgehead atoms. The van der Waals surface area contributed by atoms with E-state index in [1.165, 1.54) is 25.1 Å². The monoisotopic (exact) mass is 1080 g/mol. The van der Waals surface area contributed by atoms with Gasteiger partial charge < -0.3 is 67.0 Å². The zero-order chi connectivity index (χ0) is 55.7. The predicted molar refractivity (Wildman–Crippen MR) is 263 cm³/mol. The van der Waals surface area contributed by atoms with Crippen molar-refractivity contribution in [2.45, 2.75) is 101 Å². The Morgan fingerprint density at radius 3 is 2.16 bits per heavy atom. The van der Waals surface area contributed by atoms with Crippen LogP contribution in [0.1, 0.15) is 58.4 Å². The summed E-state index contributed by atoms with van der Waals surface area (Å²) >= 11 is 0. The van der Waals surface area contributed by atoms with E-state index in [1.807, 2.05) is 0 Å². The number of aliphatic hydroxyl groups is 3. The lowest BCUT2D eigenvalue weighted by atomic mass is 9.85. The molecular weight excluding hydrogens is 1020 g/mol. The molecular formula is C48H59N9O18S. The lowest BCUT2D eigenvalue weighted by Gasteiger charge is -2.32. The van der Waals surface area contributed by atoms with Crippen molar-refractivity contribution < 1.29 is 81.9 Å². The molecule has 0 spiro atoms. The maximum atomic E-state index is 15.0. The van der Waals surface area contributed by atoms with E-state index in [2.05, 4.69) is 31.6 Å². The molecule has 27 nitrogen and oxygen atoms in total. The smallest absolute Gasteiger partial charge is 0.395 e. The van der Waals surface area contributed by atoms with Gasteiger partial charge in [0.1, 0.15) is 28.6 Å². The van der Waals surface area contributed by atoms with Crippen LogP contribution in [0.15, 0.2) is 47.5 Å². The Bertz CT molecular complexity index is 2810. The third kappa shape index (κ3) is 14.2. The number of ether oxygens (including phenoxy) is 2. The Hall–Kier alpha value is -7.69. The second-order valence-electron chi connectivity index (χ2n) is 18.9. The molecule has 0 saturated carbocycles. The number of nitrogens with zero attached hydrogens (tertiary/aromatic N) is 2. The topological polar surface area (TPSA) is 415 Å². The van der Waals surface area contributed by atoms with Crippen molar-refractivity contribution in [3.8, 4) is 11.5 Å². The number of Topliss-reactive ketones (excluding diaryl/α,β-unsaturated/α-hetero) is 2. The summed E-state index contributed by atoms with van der Waals surface area (Å²) in [6.07, 6.45) is -7.34. The maximum Gasteiger partial charge on any atom is 0.519 e. The summed E-state index contributed by atoms with van der Waals surface area (Å²) in [7, 11) is -2.46. The summed E-state index contributed by atoms with van der Waals surface area (Å²) in [5.74, 6) is -14.8. The van der Waals surface area contributed by atoms with Gasteiger partial charge in [0.15, 0.2) is 11.6 Å². The highest BCUT2D eigenvalue weighted by atomic mass is 32.2. The minimum Gasteiger partial charge on any atom is -0.395 e. The Balaban J connectivity index is 1.52. The highest BCUT2D eigenvalue weighted by molar-refractivity contribution is 7.85. The summed E-state index contributed by atoms with van der Waals surface area (Å²) in [5.41, 5.74) is 5.41. The number of aliphatic hydroxyl groups excluding tert-OH is 3. The van der Waals surface area contributed by atoms with Gasteiger partial charge in [0.2, 0.25) is 41.4 Å². The molecule has 7 amide bonds. The predicted octanol–water partition coefficient (Wildman–Crippen LogP) is -1.96. The summed E-state index contributed by atoms with van der Waals surface area (Å²) in [6.45, 7) is 1.72. The van der Waals surface area contributed by atoms with Crippen molar-refractivity contribution >= 4 is 86.5 Å². The number of nitro benzene ring substituents is 1. The Labute approximate surface area is 435 Å². The SMILES string of the molecule is CC[C@H](C)[C@@H]1NC(=O)CNC(=O)[C@@H]2CC(=O)[C@H]([C@@H](C)[C@@H](O)CO)NC(=O)[C@@H]3C[C@@H](O)CN3C(=O)[C@H](CC(N)=O)CC(=O)[C@H](CS(=O)c3[nH]c4cc(OC(=O)Oc5ccc([N+](=O)[O-])cc5)ccc4c3C2)NC(=O)CNC1=O. The number of nitro groups is 1. The van der Waals surface area contributed by atoms with Gasteiger partial charge in [-0.2, -0.15) is 0 Å². The van der Waals surface area contributed by atoms with E-state index in [1.54, 1.807) is 13.8 Å². The number of non-ortho nitro benzene ring substituents is 1. The highest BCUT2D eigenvalue weighted by Gasteiger charge is 2.45. The number of fused-ring (bicyclic) bond motifs is 5. The van der Waals surface area contributed by atoms with Gasteiger partial charge >= 0.3 is 6.16 Å². The van der Waals surface area contributed by atoms with E-state index in [4.69, 9.17) is 15.2 Å². The maximum absolute atomic E-state index is 15.0. The molecule has 3 aliphatic rings. The summed E-state index contributed by atoms with van der Waals surface area (Å²) in [6, 6.07) is 2.08. The zero-order valence-electron chi connectivity index (χ0n) is 41.4. The molecule has 410 valence electrons. The van der Waals surface area contributed by atoms with Gasteiger partial charge in [-0.3, -0.25) is 57.5 Å². The van der Waals surface area contributed by atoms with E-state index >= 15 is 0 Å². The van der Waals surface area contributed by atoms with E-state index in [0.29, 0.717) is 6.42 Å². The number of H-pyrrole nitrogens is 1. The van der Waals surface area contributed by atoms with E-state index in [9.17, 15) is 77.6 Å². The van der Waals surface area contributed by atoms with Gasteiger partial charge in [-0.1, -0.05) is 27.2 Å². The average Bonchev–Trinajstić information content (AvgIpc) is 3.95. The van der Waals surface area contributed by atoms with Gasteiger partial charge in [0.05, 0.1) is 76.9 Å². The normalized spacial score (nSPS) is 25.8. The molecule has 1 fully saturated rings. The van der Waals surface area contributed by atoms with Crippen molar-refractivity contribution in [1.29, 1.82) is 0 Å². The summed E-state index contributed by atoms with van der Waals surface area (Å²) in [5, 5.41) is 55.2. The molecule has 76 heavy (non-hydrogen) atoms. The van der Waals surface area contributed by atoms with Crippen LogP contribution in [0.25, 0.3) is 10.9 Å². The molecule has 11 atom stereocenters. The second-order valence-corrected chi connectivity index (χ2v) is 20.4. The number of amides is 7. The molecule has 2 aromatic carbocycles. The lowest BCUT2D eigenvalue weighted by molar-refractivity contribution is -0.384. The first kappa shape index (κ1) is 57.6. The number of rotatable bonds is 10. The van der Waals surface area contributed by atoms with Crippen molar-refractivity contribution in [3.05, 3.63) is 58.1 Å². The fourth-order valence-electron chi connectivity index (χ4n) is 9.16. The van der Waals surface area contributed by atoms with E-state index in [0.717, 1.165) is 29.2 Å². The van der Waals surface area contributed by atoms with E-state index < -0.39 is 199 Å². The third-order valence-corrected chi connectivity index (χ3v) is 15.0. The molecule has 3 aromatic rings. The number of hydrogen-bond acceptors (Lipinski definition) is 18. The number of hydrogen-bond donors (Lipinski definition) is 10. The van der Waals surface area contributed by atoms with Crippen LogP contribution in [0.2, 0.25) is 0 Å². The number of ketones is 2. The Morgan fingerprint density at radius 1 is 0.868 bits per heavy atom. The van der Waals surface area contributed by atoms with Crippen LogP contribution in [-0.4, -0.2) is 162 Å².